The van der Waals surface area contributed by atoms with Gasteiger partial charge in [0.1, 0.15) is 0 Å². The highest BCUT2D eigenvalue weighted by Crippen LogP contribution is 2.06. The minimum atomic E-state index is 0.822. The van der Waals surface area contributed by atoms with Crippen molar-refractivity contribution in [3.63, 3.8) is 0 Å². The lowest BCUT2D eigenvalue weighted by atomic mass is 10.1. The minimum absolute atomic E-state index is 0.822. The van der Waals surface area contributed by atoms with Crippen molar-refractivity contribution < 1.29 is 0 Å². The molecule has 0 radical (unpaired) electrons. The molecule has 16 heavy (non-hydrogen) atoms. The van der Waals surface area contributed by atoms with E-state index in [1.807, 2.05) is 30.3 Å². The van der Waals surface area contributed by atoms with Crippen LogP contribution in [-0.4, -0.2) is 0 Å². The van der Waals surface area contributed by atoms with E-state index in [0.29, 0.717) is 0 Å². The summed E-state index contributed by atoms with van der Waals surface area (Å²) in [5.74, 6) is 0. The molecular formula is C15H19N. The van der Waals surface area contributed by atoms with Crippen molar-refractivity contribution in [3.05, 3.63) is 65.2 Å². The zero-order chi connectivity index (χ0) is 12.0. The first-order valence-electron chi connectivity index (χ1n) is 5.43. The number of anilines is 1. The molecule has 0 amide bonds. The molecule has 0 fully saturated rings. The lowest BCUT2D eigenvalue weighted by Crippen LogP contribution is -1.79. The van der Waals surface area contributed by atoms with Gasteiger partial charge in [-0.05, 0) is 32.9 Å². The fraction of sp³-hybridized carbons (Fsp3) is 0.200. The van der Waals surface area contributed by atoms with Gasteiger partial charge < -0.3 is 5.73 Å². The van der Waals surface area contributed by atoms with Crippen LogP contribution in [0.15, 0.2) is 48.5 Å². The second-order valence-corrected chi connectivity index (χ2v) is 4.08. The standard InChI is InChI=1S/C9H12.C6H7N/c1-7-4-8(2)6-9(3)5-7;7-6-4-2-1-3-5-6/h4-6H,1-3H3;1-5H,7H2. The molecule has 0 saturated heterocycles. The third-order valence-corrected chi connectivity index (χ3v) is 2.17. The van der Waals surface area contributed by atoms with E-state index < -0.39 is 0 Å². The number of nitrogen functional groups attached to an aromatic ring is 1. The molecule has 0 aromatic heterocycles. The summed E-state index contributed by atoms with van der Waals surface area (Å²) in [7, 11) is 0. The first-order chi connectivity index (χ1) is 7.58. The van der Waals surface area contributed by atoms with Gasteiger partial charge in [-0.1, -0.05) is 53.1 Å². The molecule has 0 atom stereocenters. The van der Waals surface area contributed by atoms with Crippen LogP contribution >= 0.6 is 0 Å². The van der Waals surface area contributed by atoms with Crippen LogP contribution in [0.3, 0.4) is 0 Å². The zero-order valence-corrected chi connectivity index (χ0v) is 10.2. The molecule has 2 N–H and O–H groups in total. The van der Waals surface area contributed by atoms with Gasteiger partial charge in [0.05, 0.1) is 0 Å². The number of hydrogen-bond donors (Lipinski definition) is 1. The maximum atomic E-state index is 5.36. The van der Waals surface area contributed by atoms with Crippen LogP contribution in [0.1, 0.15) is 16.7 Å². The molecule has 0 aliphatic rings. The van der Waals surface area contributed by atoms with Gasteiger partial charge >= 0.3 is 0 Å². The fourth-order valence-corrected chi connectivity index (χ4v) is 1.66. The summed E-state index contributed by atoms with van der Waals surface area (Å²) in [6, 6.07) is 16.0. The molecule has 2 rings (SSSR count). The Hall–Kier alpha value is -1.76. The van der Waals surface area contributed by atoms with Gasteiger partial charge in [-0.2, -0.15) is 0 Å². The van der Waals surface area contributed by atoms with Crippen molar-refractivity contribution in [2.75, 3.05) is 5.73 Å². The van der Waals surface area contributed by atoms with Crippen LogP contribution in [0, 0.1) is 20.8 Å². The number of nitrogens with two attached hydrogens (primary N) is 1. The lowest BCUT2D eigenvalue weighted by Gasteiger charge is -1.96. The summed E-state index contributed by atoms with van der Waals surface area (Å²) in [5, 5.41) is 0. The molecular weight excluding hydrogens is 194 g/mol. The number of rotatable bonds is 0. The van der Waals surface area contributed by atoms with Gasteiger partial charge in [0.25, 0.3) is 0 Å². The number of benzene rings is 2. The molecule has 0 saturated carbocycles. The highest BCUT2D eigenvalue weighted by Gasteiger charge is 1.87. The minimum Gasteiger partial charge on any atom is -0.399 e. The largest absolute Gasteiger partial charge is 0.399 e. The summed E-state index contributed by atoms with van der Waals surface area (Å²) in [6.07, 6.45) is 0. The highest BCUT2D eigenvalue weighted by atomic mass is 14.5. The molecule has 0 bridgehead atoms. The van der Waals surface area contributed by atoms with Gasteiger partial charge in [0, 0.05) is 5.69 Å². The summed E-state index contributed by atoms with van der Waals surface area (Å²) in [6.45, 7) is 6.38. The Kier molecular flexibility index (Phi) is 4.59. The maximum Gasteiger partial charge on any atom is 0.0313 e. The number of aryl methyl sites for hydroxylation is 3. The Morgan fingerprint density at radius 3 is 1.31 bits per heavy atom. The average Bonchev–Trinajstić information content (AvgIpc) is 2.17. The summed E-state index contributed by atoms with van der Waals surface area (Å²) in [5.41, 5.74) is 10.2. The smallest absolute Gasteiger partial charge is 0.0313 e. The third-order valence-electron chi connectivity index (χ3n) is 2.17. The molecule has 1 nitrogen and oxygen atoms in total. The Morgan fingerprint density at radius 1 is 0.688 bits per heavy atom. The van der Waals surface area contributed by atoms with Crippen molar-refractivity contribution in [2.24, 2.45) is 0 Å². The Morgan fingerprint density at radius 2 is 1.06 bits per heavy atom. The SMILES string of the molecule is Cc1cc(C)cc(C)c1.Nc1ccccc1. The van der Waals surface area contributed by atoms with Crippen LogP contribution in [0.2, 0.25) is 0 Å². The Bertz CT molecular complexity index is 382. The topological polar surface area (TPSA) is 26.0 Å². The van der Waals surface area contributed by atoms with E-state index in [1.165, 1.54) is 16.7 Å². The van der Waals surface area contributed by atoms with E-state index in [-0.39, 0.29) is 0 Å². The summed E-state index contributed by atoms with van der Waals surface area (Å²) >= 11 is 0. The monoisotopic (exact) mass is 213 g/mol. The van der Waals surface area contributed by atoms with Crippen LogP contribution in [0.5, 0.6) is 0 Å². The first kappa shape index (κ1) is 12.3. The van der Waals surface area contributed by atoms with Crippen molar-refractivity contribution in [1.29, 1.82) is 0 Å². The van der Waals surface area contributed by atoms with Crippen molar-refractivity contribution in [2.45, 2.75) is 20.8 Å². The molecule has 0 aliphatic heterocycles. The van der Waals surface area contributed by atoms with E-state index >= 15 is 0 Å². The molecule has 0 unspecified atom stereocenters. The molecule has 0 heterocycles. The van der Waals surface area contributed by atoms with Gasteiger partial charge in [-0.15, -0.1) is 0 Å². The van der Waals surface area contributed by atoms with E-state index in [9.17, 15) is 0 Å². The predicted octanol–water partition coefficient (Wildman–Crippen LogP) is 3.88. The second-order valence-electron chi connectivity index (χ2n) is 4.08. The van der Waals surface area contributed by atoms with Crippen LogP contribution < -0.4 is 5.73 Å². The third kappa shape index (κ3) is 4.65. The lowest BCUT2D eigenvalue weighted by molar-refractivity contribution is 1.32. The summed E-state index contributed by atoms with van der Waals surface area (Å²) in [4.78, 5) is 0. The molecule has 84 valence electrons. The van der Waals surface area contributed by atoms with Crippen molar-refractivity contribution in [3.8, 4) is 0 Å². The summed E-state index contributed by atoms with van der Waals surface area (Å²) < 4.78 is 0. The first-order valence-corrected chi connectivity index (χ1v) is 5.43. The van der Waals surface area contributed by atoms with E-state index in [4.69, 9.17) is 5.73 Å². The highest BCUT2D eigenvalue weighted by molar-refractivity contribution is 5.35. The molecule has 0 spiro atoms. The number of hydrogen-bond acceptors (Lipinski definition) is 1. The van der Waals surface area contributed by atoms with E-state index in [0.717, 1.165) is 5.69 Å². The van der Waals surface area contributed by atoms with Gasteiger partial charge in [-0.25, -0.2) is 0 Å². The Labute approximate surface area is 97.9 Å². The fourth-order valence-electron chi connectivity index (χ4n) is 1.66. The normalized spacial score (nSPS) is 9.19. The van der Waals surface area contributed by atoms with Gasteiger partial charge in [0.15, 0.2) is 0 Å². The van der Waals surface area contributed by atoms with Crippen molar-refractivity contribution >= 4 is 5.69 Å². The Balaban J connectivity index is 0.000000165. The average molecular weight is 213 g/mol. The van der Waals surface area contributed by atoms with E-state index in [2.05, 4.69) is 39.0 Å². The predicted molar refractivity (Wildman–Crippen MR) is 71.5 cm³/mol. The van der Waals surface area contributed by atoms with Crippen LogP contribution in [0.25, 0.3) is 0 Å². The molecule has 2 aromatic carbocycles. The van der Waals surface area contributed by atoms with Crippen LogP contribution in [-0.2, 0) is 0 Å². The van der Waals surface area contributed by atoms with Crippen LogP contribution in [0.4, 0.5) is 5.69 Å². The van der Waals surface area contributed by atoms with Gasteiger partial charge in [0.2, 0.25) is 0 Å². The molecule has 2 aromatic rings. The zero-order valence-electron chi connectivity index (χ0n) is 10.2. The van der Waals surface area contributed by atoms with Gasteiger partial charge in [-0.3, -0.25) is 0 Å². The maximum absolute atomic E-state index is 5.36. The van der Waals surface area contributed by atoms with Crippen molar-refractivity contribution in [1.82, 2.24) is 0 Å². The van der Waals surface area contributed by atoms with E-state index in [1.54, 1.807) is 0 Å². The second kappa shape index (κ2) is 5.96. The number of para-hydroxylation sites is 1. The molecule has 1 heteroatoms. The quantitative estimate of drug-likeness (QED) is 0.660. The molecule has 0 aliphatic carbocycles.